The maximum absolute atomic E-state index is 13.0. The number of ether oxygens (including phenoxy) is 2. The van der Waals surface area contributed by atoms with E-state index in [9.17, 15) is 57.6 Å². The molecule has 0 heterocycles. The van der Waals surface area contributed by atoms with Gasteiger partial charge >= 0.3 is 34.1 Å². The molecule has 0 aliphatic rings. The topological polar surface area (TPSA) is 304 Å². The second-order valence-corrected chi connectivity index (χ2v) is 12.2. The van der Waals surface area contributed by atoms with Gasteiger partial charge in [0.2, 0.25) is 10.0 Å². The van der Waals surface area contributed by atoms with Crippen LogP contribution in [-0.2, 0) is 85.9 Å². The van der Waals surface area contributed by atoms with Crippen LogP contribution in [-0.4, -0.2) is 120 Å². The second-order valence-electron chi connectivity index (χ2n) is 10.6. The van der Waals surface area contributed by atoms with Crippen LogP contribution in [0.5, 0.6) is 0 Å². The third-order valence-electron chi connectivity index (χ3n) is 6.42. The third-order valence-corrected chi connectivity index (χ3v) is 7.35. The molecule has 52 heavy (non-hydrogen) atoms. The van der Waals surface area contributed by atoms with Gasteiger partial charge < -0.3 is 59.7 Å². The Hall–Kier alpha value is -3.95. The van der Waals surface area contributed by atoms with E-state index in [1.807, 2.05) is 0 Å². The molecule has 0 fully saturated rings. The number of hydrogen-bond donors (Lipinski definition) is 3. The van der Waals surface area contributed by atoms with Crippen molar-refractivity contribution in [3.63, 3.8) is 0 Å². The molecule has 0 spiro atoms. The summed E-state index contributed by atoms with van der Waals surface area (Å²) in [7, 11) is -3.88. The van der Waals surface area contributed by atoms with Crippen molar-refractivity contribution in [1.82, 2.24) is 20.4 Å². The molecule has 2 rings (SSSR count). The SMILES string of the molecule is NS(=O)(=O)c1ccc(C(=O)NCCOCCOCCNC(=O)c2cc(CN(CC(=O)[O-])CC(=O)[O-])cc(CN(CC(=O)[O-])CC(=O)[O-])c2)cc1.[Cu+2].[Cu+2]. The van der Waals surface area contributed by atoms with Gasteiger partial charge in [-0.3, -0.25) is 19.4 Å². The molecule has 0 saturated heterocycles. The molecule has 2 aromatic carbocycles. The fourth-order valence-corrected chi connectivity index (χ4v) is 4.97. The van der Waals surface area contributed by atoms with Crippen molar-refractivity contribution in [2.45, 2.75) is 18.0 Å². The predicted octanol–water partition coefficient (Wildman–Crippen LogP) is -6.87. The van der Waals surface area contributed by atoms with Crippen LogP contribution in [0.1, 0.15) is 31.8 Å². The van der Waals surface area contributed by atoms with Gasteiger partial charge in [0.25, 0.3) is 11.8 Å². The van der Waals surface area contributed by atoms with Crippen LogP contribution in [0, 0.1) is 0 Å². The molecule has 19 nitrogen and oxygen atoms in total. The molecule has 2 aromatic rings. The van der Waals surface area contributed by atoms with Crippen LogP contribution in [0.2, 0.25) is 0 Å². The summed E-state index contributed by atoms with van der Waals surface area (Å²) in [5.74, 6) is -7.35. The van der Waals surface area contributed by atoms with Crippen LogP contribution in [0.25, 0.3) is 0 Å². The summed E-state index contributed by atoms with van der Waals surface area (Å²) in [5.41, 5.74) is 0.752. The Morgan fingerprint density at radius 1 is 0.596 bits per heavy atom. The smallest absolute Gasteiger partial charge is 0.549 e. The predicted molar refractivity (Wildman–Crippen MR) is 161 cm³/mol. The summed E-state index contributed by atoms with van der Waals surface area (Å²) in [6, 6.07) is 9.20. The number of carbonyl (C=O) groups is 6. The van der Waals surface area contributed by atoms with Crippen LogP contribution in [0.15, 0.2) is 47.4 Å². The molecule has 0 unspecified atom stereocenters. The first kappa shape index (κ1) is 48.0. The van der Waals surface area contributed by atoms with Gasteiger partial charge in [-0.15, -0.1) is 0 Å². The number of carboxylic acids is 4. The van der Waals surface area contributed by atoms with Gasteiger partial charge in [0.05, 0.1) is 55.2 Å². The fraction of sp³-hybridized carbons (Fsp3) is 0.400. The van der Waals surface area contributed by atoms with E-state index < -0.39 is 71.9 Å². The number of benzene rings is 2. The average Bonchev–Trinajstić information content (AvgIpc) is 2.99. The van der Waals surface area contributed by atoms with Gasteiger partial charge in [0.1, 0.15) is 0 Å². The fourth-order valence-electron chi connectivity index (χ4n) is 4.45. The van der Waals surface area contributed by atoms with Gasteiger partial charge in [0, 0.05) is 63.5 Å². The number of carbonyl (C=O) groups excluding carboxylic acids is 6. The molecule has 0 aliphatic heterocycles. The minimum atomic E-state index is -3.88. The number of hydrogen-bond acceptors (Lipinski definition) is 16. The van der Waals surface area contributed by atoms with Gasteiger partial charge in [-0.25, -0.2) is 13.6 Å². The van der Waals surface area contributed by atoms with Gasteiger partial charge in [-0.1, -0.05) is 6.07 Å². The van der Waals surface area contributed by atoms with Crippen LogP contribution < -0.4 is 36.2 Å². The van der Waals surface area contributed by atoms with Crippen molar-refractivity contribution in [1.29, 1.82) is 0 Å². The average molecular weight is 849 g/mol. The number of amides is 2. The first-order chi connectivity index (χ1) is 23.5. The first-order valence-electron chi connectivity index (χ1n) is 14.7. The van der Waals surface area contributed by atoms with Crippen molar-refractivity contribution in [2.75, 3.05) is 65.7 Å². The van der Waals surface area contributed by atoms with Crippen LogP contribution >= 0.6 is 0 Å². The van der Waals surface area contributed by atoms with E-state index in [0.29, 0.717) is 0 Å². The Morgan fingerprint density at radius 2 is 0.962 bits per heavy atom. The normalized spacial score (nSPS) is 10.9. The van der Waals surface area contributed by atoms with E-state index in [4.69, 9.17) is 14.6 Å². The van der Waals surface area contributed by atoms with E-state index in [0.717, 1.165) is 9.80 Å². The Morgan fingerprint density at radius 3 is 1.31 bits per heavy atom. The molecule has 22 heteroatoms. The molecule has 0 atom stereocenters. The Kier molecular flexibility index (Phi) is 22.5. The number of nitrogens with two attached hydrogens (primary N) is 1. The van der Waals surface area contributed by atoms with E-state index in [2.05, 4.69) is 10.6 Å². The maximum Gasteiger partial charge on any atom is 2.00 e. The summed E-state index contributed by atoms with van der Waals surface area (Å²) >= 11 is 0. The monoisotopic (exact) mass is 847 g/mol. The summed E-state index contributed by atoms with van der Waals surface area (Å²) in [4.78, 5) is 71.4. The van der Waals surface area contributed by atoms with E-state index in [-0.39, 0.29) is 114 Å². The first-order valence-corrected chi connectivity index (χ1v) is 16.3. The number of rotatable bonds is 24. The summed E-state index contributed by atoms with van der Waals surface area (Å²) in [6.45, 7) is -3.03. The standard InChI is InChI=1S/C30H39N5O14S.2Cu/c31-50(46,47)24-3-1-22(2-4-24)29(44)32-5-7-48-9-10-49-8-6-33-30(45)23-12-20(14-34(16-25(36)37)17-26(38)39)11-21(13-23)15-35(18-27(40)41)19-28(42)43;;/h1-4,11-13H,5-10,14-19H2,(H,32,44)(H,33,45)(H,36,37)(H,38,39)(H,40,41)(H,42,43)(H2,31,46,47);;/q;2*+2/p-4. The molecular formula is C30H35Cu2N5O14S. The van der Waals surface area contributed by atoms with Gasteiger partial charge in [-0.05, 0) is 47.5 Å². The number of nitrogens with zero attached hydrogens (tertiary/aromatic N) is 2. The molecule has 0 aliphatic carbocycles. The number of carboxylic acid groups (broad SMARTS) is 4. The number of aliphatic carboxylic acids is 4. The number of sulfonamides is 1. The summed E-state index contributed by atoms with van der Waals surface area (Å²) < 4.78 is 33.4. The summed E-state index contributed by atoms with van der Waals surface area (Å²) in [6.07, 6.45) is 0. The quantitative estimate of drug-likeness (QED) is 0.0653. The van der Waals surface area contributed by atoms with Gasteiger partial charge in [0.15, 0.2) is 0 Å². The molecule has 292 valence electrons. The molecule has 2 amide bonds. The largest absolute Gasteiger partial charge is 2.00 e. The molecular weight excluding hydrogens is 814 g/mol. The van der Waals surface area contributed by atoms with Gasteiger partial charge in [-0.2, -0.15) is 0 Å². The molecule has 2 radical (unpaired) electrons. The molecule has 0 saturated carbocycles. The molecule has 0 bridgehead atoms. The van der Waals surface area contributed by atoms with Crippen molar-refractivity contribution >= 4 is 45.7 Å². The van der Waals surface area contributed by atoms with E-state index in [1.165, 1.54) is 42.5 Å². The zero-order chi connectivity index (χ0) is 37.3. The van der Waals surface area contributed by atoms with Crippen LogP contribution in [0.4, 0.5) is 0 Å². The van der Waals surface area contributed by atoms with Crippen molar-refractivity contribution in [3.05, 3.63) is 64.7 Å². The van der Waals surface area contributed by atoms with Crippen LogP contribution in [0.3, 0.4) is 0 Å². The van der Waals surface area contributed by atoms with Crippen molar-refractivity contribution < 1.29 is 101 Å². The Bertz CT molecular complexity index is 1540. The minimum Gasteiger partial charge on any atom is -0.549 e. The van der Waals surface area contributed by atoms with Crippen molar-refractivity contribution in [3.8, 4) is 0 Å². The minimum absolute atomic E-state index is 0. The number of nitrogens with one attached hydrogen (secondary N) is 2. The maximum atomic E-state index is 13.0. The third kappa shape index (κ3) is 19.6. The summed E-state index contributed by atoms with van der Waals surface area (Å²) in [5, 5.41) is 54.7. The second kappa shape index (κ2) is 24.3. The van der Waals surface area contributed by atoms with E-state index >= 15 is 0 Å². The number of primary sulfonamides is 1. The zero-order valence-electron chi connectivity index (χ0n) is 27.2. The molecule has 0 aromatic heterocycles. The Labute approximate surface area is 319 Å². The van der Waals surface area contributed by atoms with E-state index in [1.54, 1.807) is 0 Å². The zero-order valence-corrected chi connectivity index (χ0v) is 29.9. The molecule has 4 N–H and O–H groups in total. The van der Waals surface area contributed by atoms with Crippen molar-refractivity contribution in [2.24, 2.45) is 5.14 Å². The Balaban J connectivity index is 0.0000130.